The van der Waals surface area contributed by atoms with Crippen molar-refractivity contribution < 1.29 is 14.0 Å². The zero-order valence-electron chi connectivity index (χ0n) is 16.1. The van der Waals surface area contributed by atoms with Crippen molar-refractivity contribution >= 4 is 34.4 Å². The Labute approximate surface area is 177 Å². The molecule has 1 N–H and O–H groups in total. The molecule has 1 aliphatic heterocycles. The Morgan fingerprint density at radius 3 is 2.60 bits per heavy atom. The van der Waals surface area contributed by atoms with Crippen molar-refractivity contribution in [1.82, 2.24) is 0 Å². The molecule has 2 aliphatic rings. The van der Waals surface area contributed by atoms with Gasteiger partial charge in [0.2, 0.25) is 0 Å². The first kappa shape index (κ1) is 18.8. The number of thiophene rings is 1. The van der Waals surface area contributed by atoms with E-state index in [4.69, 9.17) is 0 Å². The Kier molecular flexibility index (Phi) is 4.71. The van der Waals surface area contributed by atoms with Crippen LogP contribution in [-0.4, -0.2) is 11.7 Å². The Morgan fingerprint density at radius 1 is 1.03 bits per heavy atom. The molecular weight excluding hydrogens is 399 g/mol. The van der Waals surface area contributed by atoms with Crippen LogP contribution in [0.25, 0.3) is 0 Å². The highest BCUT2D eigenvalue weighted by Gasteiger charge is 2.40. The van der Waals surface area contributed by atoms with Crippen molar-refractivity contribution in [3.8, 4) is 0 Å². The second-order valence-electron chi connectivity index (χ2n) is 7.41. The van der Waals surface area contributed by atoms with Gasteiger partial charge in [-0.05, 0) is 60.7 Å². The number of amides is 1. The van der Waals surface area contributed by atoms with E-state index < -0.39 is 11.9 Å². The van der Waals surface area contributed by atoms with Gasteiger partial charge in [0.25, 0.3) is 5.91 Å². The van der Waals surface area contributed by atoms with Crippen LogP contribution in [0.2, 0.25) is 0 Å². The summed E-state index contributed by atoms with van der Waals surface area (Å²) >= 11 is 1.52. The number of carbonyl (C=O) groups is 2. The van der Waals surface area contributed by atoms with Crippen LogP contribution in [0.4, 0.5) is 15.8 Å². The van der Waals surface area contributed by atoms with E-state index in [1.165, 1.54) is 35.6 Å². The van der Waals surface area contributed by atoms with E-state index in [1.807, 2.05) is 41.8 Å². The third-order valence-corrected chi connectivity index (χ3v) is 6.48. The maximum Gasteiger partial charge on any atom is 0.259 e. The van der Waals surface area contributed by atoms with E-state index in [2.05, 4.69) is 5.32 Å². The van der Waals surface area contributed by atoms with Gasteiger partial charge in [-0.25, -0.2) is 4.39 Å². The molecule has 0 bridgehead atoms. The van der Waals surface area contributed by atoms with E-state index in [-0.39, 0.29) is 11.7 Å². The van der Waals surface area contributed by atoms with Gasteiger partial charge in [-0.3, -0.25) is 14.5 Å². The van der Waals surface area contributed by atoms with Gasteiger partial charge in [-0.2, -0.15) is 0 Å². The topological polar surface area (TPSA) is 49.4 Å². The van der Waals surface area contributed by atoms with Gasteiger partial charge < -0.3 is 5.32 Å². The lowest BCUT2D eigenvalue weighted by atomic mass is 9.88. The smallest absolute Gasteiger partial charge is 0.259 e. The molecule has 1 atom stereocenters. The van der Waals surface area contributed by atoms with Gasteiger partial charge in [-0.1, -0.05) is 18.2 Å². The Hall–Kier alpha value is -3.25. The van der Waals surface area contributed by atoms with Crippen LogP contribution in [0.15, 0.2) is 77.3 Å². The summed E-state index contributed by atoms with van der Waals surface area (Å²) < 4.78 is 13.5. The SMILES string of the molecule is O=C1CCCC2=C1[C@@H](c1cccs1)N(C(=O)c1ccc(F)cc1)c1ccccc1N2. The number of nitrogens with zero attached hydrogens (tertiary/aromatic N) is 1. The Balaban J connectivity index is 1.76. The number of halogens is 1. The number of carbonyl (C=O) groups excluding carboxylic acids is 2. The van der Waals surface area contributed by atoms with E-state index in [9.17, 15) is 14.0 Å². The normalized spacial score (nSPS) is 18.4. The lowest BCUT2D eigenvalue weighted by Crippen LogP contribution is -2.37. The maximum absolute atomic E-state index is 13.8. The standard InChI is InChI=1S/C24H19FN2O2S/c25-16-12-10-15(11-13-16)24(29)27-19-7-2-1-5-17(19)26-18-6-3-8-20(28)22(18)23(27)21-9-4-14-30-21/h1-2,4-5,7,9-14,23,26H,3,6,8H2/t23-/m1/s1. The number of hydrogen-bond acceptors (Lipinski definition) is 4. The van der Waals surface area contributed by atoms with Crippen molar-refractivity contribution in [2.75, 3.05) is 10.2 Å². The van der Waals surface area contributed by atoms with E-state index in [1.54, 1.807) is 4.90 Å². The second-order valence-corrected chi connectivity index (χ2v) is 8.39. The number of nitrogens with one attached hydrogen (secondary N) is 1. The minimum absolute atomic E-state index is 0.0619. The number of ketones is 1. The molecule has 2 aromatic carbocycles. The summed E-state index contributed by atoms with van der Waals surface area (Å²) in [6.07, 6.45) is 2.02. The number of Topliss-reactive ketones (excluding diaryl/α,β-unsaturated/α-hetero) is 1. The molecule has 0 spiro atoms. The molecule has 0 saturated carbocycles. The zero-order chi connectivity index (χ0) is 20.7. The number of para-hydroxylation sites is 2. The summed E-state index contributed by atoms with van der Waals surface area (Å²) in [6, 6.07) is 16.5. The predicted molar refractivity (Wildman–Crippen MR) is 116 cm³/mol. The van der Waals surface area contributed by atoms with Crippen LogP contribution in [0.5, 0.6) is 0 Å². The third kappa shape index (κ3) is 3.13. The lowest BCUT2D eigenvalue weighted by molar-refractivity contribution is -0.116. The molecule has 1 aliphatic carbocycles. The number of hydrogen-bond donors (Lipinski definition) is 1. The van der Waals surface area contributed by atoms with Crippen molar-refractivity contribution in [1.29, 1.82) is 0 Å². The average molecular weight is 418 g/mol. The summed E-state index contributed by atoms with van der Waals surface area (Å²) in [5.74, 6) is -0.603. The van der Waals surface area contributed by atoms with Crippen LogP contribution < -0.4 is 10.2 Å². The molecule has 6 heteroatoms. The highest BCUT2D eigenvalue weighted by atomic mass is 32.1. The van der Waals surface area contributed by atoms with E-state index >= 15 is 0 Å². The van der Waals surface area contributed by atoms with E-state index in [0.717, 1.165) is 29.1 Å². The molecule has 0 saturated heterocycles. The average Bonchev–Trinajstić information content (AvgIpc) is 3.23. The predicted octanol–water partition coefficient (Wildman–Crippen LogP) is 5.71. The molecule has 0 fully saturated rings. The van der Waals surface area contributed by atoms with Crippen LogP contribution in [0.3, 0.4) is 0 Å². The number of allylic oxidation sites excluding steroid dienone is 1. The summed E-state index contributed by atoms with van der Waals surface area (Å²) in [4.78, 5) is 29.5. The van der Waals surface area contributed by atoms with E-state index in [0.29, 0.717) is 23.2 Å². The van der Waals surface area contributed by atoms with Gasteiger partial charge in [-0.15, -0.1) is 11.3 Å². The molecule has 4 nitrogen and oxygen atoms in total. The highest BCUT2D eigenvalue weighted by molar-refractivity contribution is 7.10. The molecule has 1 aromatic heterocycles. The van der Waals surface area contributed by atoms with Gasteiger partial charge in [0.15, 0.2) is 5.78 Å². The summed E-state index contributed by atoms with van der Waals surface area (Å²) in [7, 11) is 0. The molecule has 3 aromatic rings. The quantitative estimate of drug-likeness (QED) is 0.580. The molecule has 2 heterocycles. The second kappa shape index (κ2) is 7.54. The zero-order valence-corrected chi connectivity index (χ0v) is 16.9. The molecule has 1 amide bonds. The fourth-order valence-electron chi connectivity index (χ4n) is 4.21. The van der Waals surface area contributed by atoms with Crippen LogP contribution in [0.1, 0.15) is 40.5 Å². The van der Waals surface area contributed by atoms with Crippen molar-refractivity contribution in [3.63, 3.8) is 0 Å². The van der Waals surface area contributed by atoms with Crippen molar-refractivity contribution in [3.05, 3.63) is 93.6 Å². The highest BCUT2D eigenvalue weighted by Crippen LogP contribution is 2.46. The first-order chi connectivity index (χ1) is 14.6. The fraction of sp³-hybridized carbons (Fsp3) is 0.167. The van der Waals surface area contributed by atoms with Crippen LogP contribution in [0, 0.1) is 5.82 Å². The monoisotopic (exact) mass is 418 g/mol. The summed E-state index contributed by atoms with van der Waals surface area (Å²) in [6.45, 7) is 0. The van der Waals surface area contributed by atoms with Gasteiger partial charge >= 0.3 is 0 Å². The molecule has 150 valence electrons. The maximum atomic E-state index is 13.8. The number of fused-ring (bicyclic) bond motifs is 1. The minimum atomic E-state index is -0.526. The van der Waals surface area contributed by atoms with Crippen LogP contribution in [-0.2, 0) is 4.79 Å². The minimum Gasteiger partial charge on any atom is -0.357 e. The van der Waals surface area contributed by atoms with Gasteiger partial charge in [0, 0.05) is 28.1 Å². The molecule has 5 rings (SSSR count). The van der Waals surface area contributed by atoms with Crippen molar-refractivity contribution in [2.45, 2.75) is 25.3 Å². The third-order valence-electron chi connectivity index (χ3n) is 5.56. The summed E-state index contributed by atoms with van der Waals surface area (Å²) in [5, 5.41) is 5.39. The summed E-state index contributed by atoms with van der Waals surface area (Å²) in [5.41, 5.74) is 3.39. The molecule has 0 unspecified atom stereocenters. The largest absolute Gasteiger partial charge is 0.357 e. The molecule has 0 radical (unpaired) electrons. The first-order valence-corrected chi connectivity index (χ1v) is 10.8. The first-order valence-electron chi connectivity index (χ1n) is 9.88. The van der Waals surface area contributed by atoms with Gasteiger partial charge in [0.05, 0.1) is 11.4 Å². The fourth-order valence-corrected chi connectivity index (χ4v) is 5.03. The molecule has 30 heavy (non-hydrogen) atoms. The number of anilines is 2. The number of rotatable bonds is 2. The molecular formula is C24H19FN2O2S. The van der Waals surface area contributed by atoms with Crippen LogP contribution >= 0.6 is 11.3 Å². The lowest BCUT2D eigenvalue weighted by Gasteiger charge is -2.33. The Bertz CT molecular complexity index is 1150. The van der Waals surface area contributed by atoms with Crippen molar-refractivity contribution in [2.24, 2.45) is 0 Å². The Morgan fingerprint density at radius 2 is 1.83 bits per heavy atom. The number of benzene rings is 2. The van der Waals surface area contributed by atoms with Gasteiger partial charge in [0.1, 0.15) is 11.9 Å².